The molecule has 0 saturated carbocycles. The SMILES string of the molecule is CCN(C(=O)c1oc2c(c1C)C(=O)CCC2)[C@H](C)CS(C)(=O)=O. The van der Waals surface area contributed by atoms with E-state index in [-0.39, 0.29) is 23.2 Å². The fourth-order valence-corrected chi connectivity index (χ4v) is 4.22. The number of furan rings is 1. The molecule has 1 aliphatic carbocycles. The van der Waals surface area contributed by atoms with E-state index >= 15 is 0 Å². The highest BCUT2D eigenvalue weighted by Crippen LogP contribution is 2.30. The molecule has 1 aromatic heterocycles. The molecule has 0 spiro atoms. The maximum atomic E-state index is 12.8. The molecule has 0 unspecified atom stereocenters. The van der Waals surface area contributed by atoms with E-state index in [4.69, 9.17) is 4.42 Å². The van der Waals surface area contributed by atoms with Gasteiger partial charge in [-0.1, -0.05) is 0 Å². The molecule has 0 radical (unpaired) electrons. The Morgan fingerprint density at radius 1 is 1.35 bits per heavy atom. The normalized spacial score (nSPS) is 16.1. The number of ketones is 1. The van der Waals surface area contributed by atoms with Crippen LogP contribution in [0.2, 0.25) is 0 Å². The van der Waals surface area contributed by atoms with E-state index in [1.54, 1.807) is 20.8 Å². The zero-order valence-electron chi connectivity index (χ0n) is 14.0. The third-order valence-electron chi connectivity index (χ3n) is 4.18. The lowest BCUT2D eigenvalue weighted by Gasteiger charge is -2.26. The van der Waals surface area contributed by atoms with Gasteiger partial charge in [-0.3, -0.25) is 9.59 Å². The molecule has 0 saturated heterocycles. The highest BCUT2D eigenvalue weighted by molar-refractivity contribution is 7.90. The molecule has 0 aromatic carbocycles. The van der Waals surface area contributed by atoms with E-state index in [1.165, 1.54) is 4.90 Å². The summed E-state index contributed by atoms with van der Waals surface area (Å²) in [5.74, 6) is 0.286. The van der Waals surface area contributed by atoms with E-state index in [0.29, 0.717) is 36.3 Å². The molecule has 7 heteroatoms. The Hall–Kier alpha value is -1.63. The van der Waals surface area contributed by atoms with Gasteiger partial charge in [-0.15, -0.1) is 0 Å². The van der Waals surface area contributed by atoms with E-state index in [9.17, 15) is 18.0 Å². The number of nitrogens with zero attached hydrogens (tertiary/aromatic N) is 1. The van der Waals surface area contributed by atoms with Gasteiger partial charge < -0.3 is 9.32 Å². The molecule has 0 N–H and O–H groups in total. The van der Waals surface area contributed by atoms with Crippen molar-refractivity contribution in [1.82, 2.24) is 4.90 Å². The van der Waals surface area contributed by atoms with Crippen LogP contribution < -0.4 is 0 Å². The highest BCUT2D eigenvalue weighted by atomic mass is 32.2. The molecule has 1 heterocycles. The topological polar surface area (TPSA) is 84.7 Å². The summed E-state index contributed by atoms with van der Waals surface area (Å²) in [6.45, 7) is 5.58. The standard InChI is InChI=1S/C16H23NO5S/c1-5-17(10(2)9-23(4,20)21)16(19)15-11(3)14-12(18)7-6-8-13(14)22-15/h10H,5-9H2,1-4H3/t10-/m1/s1. The van der Waals surface area contributed by atoms with Crippen LogP contribution in [0.25, 0.3) is 0 Å². The van der Waals surface area contributed by atoms with Gasteiger partial charge in [0.1, 0.15) is 15.6 Å². The summed E-state index contributed by atoms with van der Waals surface area (Å²) < 4.78 is 28.6. The number of hydrogen-bond acceptors (Lipinski definition) is 5. The number of carbonyl (C=O) groups excluding carboxylic acids is 2. The van der Waals surface area contributed by atoms with Crippen LogP contribution in [-0.4, -0.2) is 49.6 Å². The molecule has 23 heavy (non-hydrogen) atoms. The van der Waals surface area contributed by atoms with Gasteiger partial charge in [0.2, 0.25) is 0 Å². The van der Waals surface area contributed by atoms with Crippen molar-refractivity contribution in [2.75, 3.05) is 18.6 Å². The number of Topliss-reactive ketones (excluding diaryl/α,β-unsaturated/α-hetero) is 1. The summed E-state index contributed by atoms with van der Waals surface area (Å²) in [6.07, 6.45) is 3.01. The molecule has 1 aromatic rings. The quantitative estimate of drug-likeness (QED) is 0.818. The van der Waals surface area contributed by atoms with Gasteiger partial charge in [0.25, 0.3) is 5.91 Å². The summed E-state index contributed by atoms with van der Waals surface area (Å²) >= 11 is 0. The first-order chi connectivity index (χ1) is 10.7. The summed E-state index contributed by atoms with van der Waals surface area (Å²) in [5.41, 5.74) is 1.10. The van der Waals surface area contributed by atoms with Crippen LogP contribution in [0.4, 0.5) is 0 Å². The average molecular weight is 341 g/mol. The van der Waals surface area contributed by atoms with Crippen LogP contribution in [0.3, 0.4) is 0 Å². The molecule has 1 atom stereocenters. The zero-order chi connectivity index (χ0) is 17.4. The second-order valence-electron chi connectivity index (χ2n) is 6.16. The second-order valence-corrected chi connectivity index (χ2v) is 8.35. The predicted molar refractivity (Wildman–Crippen MR) is 86.6 cm³/mol. The first-order valence-electron chi connectivity index (χ1n) is 7.79. The Labute approximate surface area is 136 Å². The van der Waals surface area contributed by atoms with Crippen molar-refractivity contribution in [3.05, 3.63) is 22.6 Å². The molecule has 128 valence electrons. The average Bonchev–Trinajstić information content (AvgIpc) is 2.76. The van der Waals surface area contributed by atoms with Crippen LogP contribution >= 0.6 is 0 Å². The van der Waals surface area contributed by atoms with Crippen molar-refractivity contribution >= 4 is 21.5 Å². The van der Waals surface area contributed by atoms with Crippen LogP contribution in [0.5, 0.6) is 0 Å². The smallest absolute Gasteiger partial charge is 0.290 e. The molecule has 1 amide bonds. The Bertz CT molecular complexity index is 732. The lowest BCUT2D eigenvalue weighted by molar-refractivity contribution is 0.0683. The van der Waals surface area contributed by atoms with Crippen LogP contribution in [0.1, 0.15) is 58.9 Å². The monoisotopic (exact) mass is 341 g/mol. The Balaban J connectivity index is 2.34. The van der Waals surface area contributed by atoms with Crippen LogP contribution in [0.15, 0.2) is 4.42 Å². The fourth-order valence-electron chi connectivity index (χ4n) is 3.17. The Kier molecular flexibility index (Phi) is 4.98. The molecule has 2 rings (SSSR count). The van der Waals surface area contributed by atoms with Crippen molar-refractivity contribution < 1.29 is 22.4 Å². The van der Waals surface area contributed by atoms with Gasteiger partial charge in [-0.25, -0.2) is 8.42 Å². The zero-order valence-corrected chi connectivity index (χ0v) is 14.8. The van der Waals surface area contributed by atoms with E-state index < -0.39 is 15.9 Å². The van der Waals surface area contributed by atoms with Crippen LogP contribution in [-0.2, 0) is 16.3 Å². The van der Waals surface area contributed by atoms with E-state index in [0.717, 1.165) is 12.7 Å². The largest absolute Gasteiger partial charge is 0.455 e. The third-order valence-corrected chi connectivity index (χ3v) is 5.27. The van der Waals surface area contributed by atoms with Crippen molar-refractivity contribution in [2.45, 2.75) is 46.1 Å². The molecule has 0 fully saturated rings. The van der Waals surface area contributed by atoms with Gasteiger partial charge in [0.05, 0.1) is 11.3 Å². The van der Waals surface area contributed by atoms with Gasteiger partial charge in [-0.05, 0) is 27.2 Å². The summed E-state index contributed by atoms with van der Waals surface area (Å²) in [6, 6.07) is -0.459. The van der Waals surface area contributed by atoms with Crippen molar-refractivity contribution in [1.29, 1.82) is 0 Å². The minimum atomic E-state index is -3.19. The van der Waals surface area contributed by atoms with Gasteiger partial charge in [0, 0.05) is 37.2 Å². The number of aryl methyl sites for hydroxylation is 1. The van der Waals surface area contributed by atoms with Gasteiger partial charge in [0.15, 0.2) is 11.5 Å². The van der Waals surface area contributed by atoms with Crippen molar-refractivity contribution in [2.24, 2.45) is 0 Å². The van der Waals surface area contributed by atoms with Gasteiger partial charge in [-0.2, -0.15) is 0 Å². The van der Waals surface area contributed by atoms with Crippen molar-refractivity contribution in [3.8, 4) is 0 Å². The summed E-state index contributed by atoms with van der Waals surface area (Å²) in [4.78, 5) is 26.3. The highest BCUT2D eigenvalue weighted by Gasteiger charge is 2.32. The number of amides is 1. The third kappa shape index (κ3) is 3.65. The maximum Gasteiger partial charge on any atom is 0.290 e. The Morgan fingerprint density at radius 2 is 2.00 bits per heavy atom. The Morgan fingerprint density at radius 3 is 2.52 bits per heavy atom. The molecule has 0 bridgehead atoms. The van der Waals surface area contributed by atoms with E-state index in [1.807, 2.05) is 0 Å². The predicted octanol–water partition coefficient (Wildman–Crippen LogP) is 2.00. The first kappa shape index (κ1) is 17.7. The summed E-state index contributed by atoms with van der Waals surface area (Å²) in [5, 5.41) is 0. The number of hydrogen-bond donors (Lipinski definition) is 0. The fraction of sp³-hybridized carbons (Fsp3) is 0.625. The summed E-state index contributed by atoms with van der Waals surface area (Å²) in [7, 11) is -3.19. The van der Waals surface area contributed by atoms with E-state index in [2.05, 4.69) is 0 Å². The number of rotatable bonds is 5. The maximum absolute atomic E-state index is 12.8. The first-order valence-corrected chi connectivity index (χ1v) is 9.86. The minimum absolute atomic E-state index is 0.0128. The minimum Gasteiger partial charge on any atom is -0.455 e. The number of sulfone groups is 1. The number of carbonyl (C=O) groups is 2. The van der Waals surface area contributed by atoms with Gasteiger partial charge >= 0.3 is 0 Å². The molecule has 6 nitrogen and oxygen atoms in total. The van der Waals surface area contributed by atoms with Crippen LogP contribution in [0, 0.1) is 6.92 Å². The molecule has 0 aliphatic heterocycles. The lowest BCUT2D eigenvalue weighted by atomic mass is 9.94. The number of fused-ring (bicyclic) bond motifs is 1. The molecular formula is C16H23NO5S. The second kappa shape index (κ2) is 6.47. The molecular weight excluding hydrogens is 318 g/mol. The molecule has 1 aliphatic rings. The van der Waals surface area contributed by atoms with Crippen molar-refractivity contribution in [3.63, 3.8) is 0 Å². The lowest BCUT2D eigenvalue weighted by Crippen LogP contribution is -2.42.